The number of carbonyl (C=O) groups is 2. The molecule has 1 atom stereocenters. The molecule has 34 heavy (non-hydrogen) atoms. The number of hydrogen-bond donors (Lipinski definition) is 1. The fourth-order valence-corrected chi connectivity index (χ4v) is 5.53. The summed E-state index contributed by atoms with van der Waals surface area (Å²) in [6, 6.07) is 16.1. The summed E-state index contributed by atoms with van der Waals surface area (Å²) < 4.78 is 11.7. The van der Waals surface area contributed by atoms with E-state index in [1.165, 1.54) is 0 Å². The Labute approximate surface area is 201 Å². The van der Waals surface area contributed by atoms with Gasteiger partial charge in [-0.1, -0.05) is 24.3 Å². The molecule has 2 fully saturated rings. The average Bonchev–Trinajstić information content (AvgIpc) is 2.85. The molecular formula is C28H34N2O4. The molecule has 3 heterocycles. The third kappa shape index (κ3) is 5.27. The van der Waals surface area contributed by atoms with Crippen molar-refractivity contribution in [2.45, 2.75) is 44.9 Å². The van der Waals surface area contributed by atoms with Crippen LogP contribution in [0.15, 0.2) is 48.5 Å². The lowest BCUT2D eigenvalue weighted by molar-refractivity contribution is -0.141. The fourth-order valence-electron chi connectivity index (χ4n) is 5.53. The molecule has 0 aromatic heterocycles. The number of amides is 2. The van der Waals surface area contributed by atoms with E-state index in [2.05, 4.69) is 17.4 Å². The third-order valence-electron chi connectivity index (χ3n) is 7.55. The van der Waals surface area contributed by atoms with E-state index in [4.69, 9.17) is 9.47 Å². The van der Waals surface area contributed by atoms with Crippen LogP contribution >= 0.6 is 0 Å². The highest BCUT2D eigenvalue weighted by Gasteiger charge is 2.42. The van der Waals surface area contributed by atoms with Crippen molar-refractivity contribution in [1.82, 2.24) is 10.2 Å². The summed E-state index contributed by atoms with van der Waals surface area (Å²) in [7, 11) is 0. The third-order valence-corrected chi connectivity index (χ3v) is 7.55. The Balaban J connectivity index is 1.32. The lowest BCUT2D eigenvalue weighted by Gasteiger charge is -2.41. The molecule has 2 saturated heterocycles. The predicted molar refractivity (Wildman–Crippen MR) is 130 cm³/mol. The summed E-state index contributed by atoms with van der Waals surface area (Å²) in [5.41, 5.74) is 1.70. The molecule has 2 aromatic carbocycles. The number of piperidine rings is 1. The van der Waals surface area contributed by atoms with Gasteiger partial charge in [0.2, 0.25) is 11.8 Å². The molecule has 1 N–H and O–H groups in total. The van der Waals surface area contributed by atoms with Crippen LogP contribution in [0.3, 0.4) is 0 Å². The Morgan fingerprint density at radius 1 is 1.06 bits per heavy atom. The summed E-state index contributed by atoms with van der Waals surface area (Å²) in [6.07, 6.45) is 5.39. The summed E-state index contributed by atoms with van der Waals surface area (Å²) in [5.74, 6) is 2.22. The van der Waals surface area contributed by atoms with E-state index >= 15 is 0 Å². The van der Waals surface area contributed by atoms with E-state index in [0.717, 1.165) is 48.5 Å². The van der Waals surface area contributed by atoms with E-state index in [-0.39, 0.29) is 11.8 Å². The van der Waals surface area contributed by atoms with Crippen LogP contribution in [0, 0.1) is 11.3 Å². The number of carbonyl (C=O) groups excluding carboxylic acids is 2. The predicted octanol–water partition coefficient (Wildman–Crippen LogP) is 4.12. The second-order valence-corrected chi connectivity index (χ2v) is 10.0. The van der Waals surface area contributed by atoms with Gasteiger partial charge in [0, 0.05) is 39.3 Å². The van der Waals surface area contributed by atoms with Gasteiger partial charge >= 0.3 is 0 Å². The van der Waals surface area contributed by atoms with Crippen molar-refractivity contribution in [2.75, 3.05) is 32.8 Å². The van der Waals surface area contributed by atoms with Crippen molar-refractivity contribution in [2.24, 2.45) is 11.3 Å². The van der Waals surface area contributed by atoms with Crippen molar-refractivity contribution < 1.29 is 19.1 Å². The standard InChI is InChI=1S/C28H34N2O4/c31-26(18-23-6-3-15-33-20-23)30-13-10-28(11-14-30)19-22-5-2-8-25(17-22)34-24-7-1-4-21(16-24)9-12-29-27(28)32/h1-2,4-5,7-8,16-17,23H,3,6,9-15,18-20H2,(H,29,32). The highest BCUT2D eigenvalue weighted by molar-refractivity contribution is 5.84. The van der Waals surface area contributed by atoms with Crippen molar-refractivity contribution in [3.63, 3.8) is 0 Å². The van der Waals surface area contributed by atoms with E-state index in [1.54, 1.807) is 0 Å². The molecular weight excluding hydrogens is 428 g/mol. The van der Waals surface area contributed by atoms with Crippen LogP contribution < -0.4 is 10.1 Å². The second kappa shape index (κ2) is 10.2. The van der Waals surface area contributed by atoms with Gasteiger partial charge in [-0.05, 0) is 79.8 Å². The van der Waals surface area contributed by atoms with Gasteiger partial charge in [0.05, 0.1) is 5.41 Å². The van der Waals surface area contributed by atoms with Gasteiger partial charge in [-0.2, -0.15) is 0 Å². The van der Waals surface area contributed by atoms with Gasteiger partial charge in [-0.3, -0.25) is 9.59 Å². The minimum atomic E-state index is -0.518. The fraction of sp³-hybridized carbons (Fsp3) is 0.500. The van der Waals surface area contributed by atoms with Crippen LogP contribution in [0.2, 0.25) is 0 Å². The van der Waals surface area contributed by atoms with Gasteiger partial charge in [-0.15, -0.1) is 0 Å². The summed E-state index contributed by atoms with van der Waals surface area (Å²) in [4.78, 5) is 28.4. The Bertz CT molecular complexity index is 1020. The number of ether oxygens (including phenoxy) is 2. The largest absolute Gasteiger partial charge is 0.457 e. The van der Waals surface area contributed by atoms with E-state index in [1.807, 2.05) is 41.3 Å². The van der Waals surface area contributed by atoms with Crippen molar-refractivity contribution in [3.05, 3.63) is 59.7 Å². The van der Waals surface area contributed by atoms with Crippen LogP contribution in [0.1, 0.15) is 43.2 Å². The quantitative estimate of drug-likeness (QED) is 0.729. The monoisotopic (exact) mass is 462 g/mol. The maximum atomic E-state index is 13.5. The topological polar surface area (TPSA) is 67.9 Å². The maximum absolute atomic E-state index is 13.5. The van der Waals surface area contributed by atoms with Crippen molar-refractivity contribution in [3.8, 4) is 11.5 Å². The average molecular weight is 463 g/mol. The maximum Gasteiger partial charge on any atom is 0.226 e. The highest BCUT2D eigenvalue weighted by atomic mass is 16.5. The first-order valence-electron chi connectivity index (χ1n) is 12.6. The Hall–Kier alpha value is -2.86. The molecule has 2 amide bonds. The molecule has 0 radical (unpaired) electrons. The Morgan fingerprint density at radius 3 is 2.53 bits per heavy atom. The van der Waals surface area contributed by atoms with Crippen LogP contribution in [-0.4, -0.2) is 49.6 Å². The van der Waals surface area contributed by atoms with Gasteiger partial charge in [-0.25, -0.2) is 0 Å². The number of rotatable bonds is 2. The molecule has 3 aliphatic rings. The number of nitrogens with zero attached hydrogens (tertiary/aromatic N) is 1. The molecule has 6 nitrogen and oxygen atoms in total. The minimum absolute atomic E-state index is 0.0991. The lowest BCUT2D eigenvalue weighted by Crippen LogP contribution is -2.51. The first-order chi connectivity index (χ1) is 16.6. The zero-order valence-electron chi connectivity index (χ0n) is 19.8. The molecule has 0 aliphatic carbocycles. The zero-order chi connectivity index (χ0) is 23.4. The van der Waals surface area contributed by atoms with E-state index < -0.39 is 5.41 Å². The molecule has 6 heteroatoms. The van der Waals surface area contributed by atoms with E-state index in [9.17, 15) is 9.59 Å². The smallest absolute Gasteiger partial charge is 0.226 e. The molecule has 3 aliphatic heterocycles. The van der Waals surface area contributed by atoms with Gasteiger partial charge < -0.3 is 19.7 Å². The molecule has 180 valence electrons. The van der Waals surface area contributed by atoms with Gasteiger partial charge in [0.1, 0.15) is 11.5 Å². The molecule has 1 spiro atoms. The van der Waals surface area contributed by atoms with Crippen LogP contribution in [0.25, 0.3) is 0 Å². The van der Waals surface area contributed by atoms with Crippen molar-refractivity contribution in [1.29, 1.82) is 0 Å². The minimum Gasteiger partial charge on any atom is -0.457 e. The SMILES string of the molecule is O=C(CC1CCCOC1)N1CCC2(CC1)Cc1cccc(c1)Oc1cccc(c1)CCNC2=O. The molecule has 4 bridgehead atoms. The zero-order valence-corrected chi connectivity index (χ0v) is 19.8. The van der Waals surface area contributed by atoms with Crippen LogP contribution in [0.4, 0.5) is 0 Å². The number of nitrogens with one attached hydrogen (secondary N) is 1. The first kappa shape index (κ1) is 22.9. The van der Waals surface area contributed by atoms with E-state index in [0.29, 0.717) is 57.8 Å². The lowest BCUT2D eigenvalue weighted by atomic mass is 9.72. The molecule has 5 rings (SSSR count). The first-order valence-corrected chi connectivity index (χ1v) is 12.6. The number of fused-ring (bicyclic) bond motifs is 4. The molecule has 0 saturated carbocycles. The number of likely N-dealkylation sites (tertiary alicyclic amines) is 1. The Kier molecular flexibility index (Phi) is 6.86. The van der Waals surface area contributed by atoms with Gasteiger partial charge in [0.25, 0.3) is 0 Å². The molecule has 1 unspecified atom stereocenters. The van der Waals surface area contributed by atoms with Crippen LogP contribution in [0.5, 0.6) is 11.5 Å². The number of hydrogen-bond acceptors (Lipinski definition) is 4. The normalized spacial score (nSPS) is 22.5. The highest BCUT2D eigenvalue weighted by Crippen LogP contribution is 2.37. The van der Waals surface area contributed by atoms with Crippen molar-refractivity contribution >= 4 is 11.8 Å². The summed E-state index contributed by atoms with van der Waals surface area (Å²) >= 11 is 0. The number of benzene rings is 2. The molecule has 2 aromatic rings. The summed E-state index contributed by atoms with van der Waals surface area (Å²) in [6.45, 7) is 3.33. The summed E-state index contributed by atoms with van der Waals surface area (Å²) in [5, 5.41) is 3.21. The van der Waals surface area contributed by atoms with Gasteiger partial charge in [0.15, 0.2) is 0 Å². The Morgan fingerprint density at radius 2 is 1.79 bits per heavy atom. The van der Waals surface area contributed by atoms with Crippen LogP contribution in [-0.2, 0) is 27.2 Å². The second-order valence-electron chi connectivity index (χ2n) is 10.0.